The van der Waals surface area contributed by atoms with Gasteiger partial charge in [0.1, 0.15) is 0 Å². The Bertz CT molecular complexity index is 764. The van der Waals surface area contributed by atoms with Crippen LogP contribution < -0.4 is 5.32 Å². The molecule has 0 unspecified atom stereocenters. The third kappa shape index (κ3) is 2.65. The van der Waals surface area contributed by atoms with Gasteiger partial charge in [0.15, 0.2) is 5.82 Å². The number of aromatic nitrogens is 2. The van der Waals surface area contributed by atoms with Gasteiger partial charge in [0.05, 0.1) is 12.6 Å². The Morgan fingerprint density at radius 3 is 2.91 bits per heavy atom. The number of nitrogens with one attached hydrogen (secondary N) is 1. The molecule has 23 heavy (non-hydrogen) atoms. The molecule has 1 aliphatic heterocycles. The van der Waals surface area contributed by atoms with Crippen molar-refractivity contribution in [1.29, 1.82) is 0 Å². The van der Waals surface area contributed by atoms with Crippen molar-refractivity contribution in [2.75, 3.05) is 11.9 Å². The molecule has 1 aromatic carbocycles. The van der Waals surface area contributed by atoms with Crippen LogP contribution in [0.25, 0.3) is 0 Å². The van der Waals surface area contributed by atoms with Gasteiger partial charge in [-0.25, -0.2) is 4.79 Å². The zero-order chi connectivity index (χ0) is 16.0. The van der Waals surface area contributed by atoms with Crippen LogP contribution in [0, 0.1) is 6.92 Å². The molecular weight excluding hydrogens is 292 g/mol. The summed E-state index contributed by atoms with van der Waals surface area (Å²) < 4.78 is 2.12. The van der Waals surface area contributed by atoms with Crippen LogP contribution in [0.15, 0.2) is 24.3 Å². The van der Waals surface area contributed by atoms with Crippen molar-refractivity contribution in [2.24, 2.45) is 0 Å². The first-order chi connectivity index (χ1) is 11.1. The Hall–Kier alpha value is -2.50. The Balaban J connectivity index is 1.70. The van der Waals surface area contributed by atoms with Crippen molar-refractivity contribution in [2.45, 2.75) is 38.8 Å². The topological polar surface area (TPSA) is 70.4 Å². The minimum absolute atomic E-state index is 0.408. The number of rotatable bonds is 3. The van der Waals surface area contributed by atoms with Gasteiger partial charge in [-0.05, 0) is 37.5 Å². The van der Waals surface area contributed by atoms with Crippen LogP contribution in [-0.2, 0) is 13.0 Å². The summed E-state index contributed by atoms with van der Waals surface area (Å²) in [6, 6.07) is 8.63. The van der Waals surface area contributed by atoms with Crippen LogP contribution >= 0.6 is 0 Å². The molecule has 1 amide bonds. The predicted octanol–water partition coefficient (Wildman–Crippen LogP) is 3.31. The molecule has 0 saturated heterocycles. The summed E-state index contributed by atoms with van der Waals surface area (Å²) in [6.45, 7) is 3.01. The van der Waals surface area contributed by atoms with E-state index >= 15 is 0 Å². The van der Waals surface area contributed by atoms with Crippen molar-refractivity contribution in [3.05, 3.63) is 41.1 Å². The van der Waals surface area contributed by atoms with Crippen molar-refractivity contribution < 1.29 is 9.90 Å². The Kier molecular flexibility index (Phi) is 3.25. The highest BCUT2D eigenvalue weighted by atomic mass is 16.4. The monoisotopic (exact) mass is 312 g/mol. The van der Waals surface area contributed by atoms with Gasteiger partial charge < -0.3 is 15.3 Å². The van der Waals surface area contributed by atoms with Crippen LogP contribution in [0.1, 0.15) is 35.7 Å². The molecule has 120 valence electrons. The lowest BCUT2D eigenvalue weighted by Gasteiger charge is -2.25. The second-order valence-corrected chi connectivity index (χ2v) is 6.40. The molecule has 1 aromatic heterocycles. The number of carbonyl (C=O) groups is 1. The average Bonchev–Trinajstić information content (AvgIpc) is 3.31. The first kappa shape index (κ1) is 14.1. The lowest BCUT2D eigenvalue weighted by Crippen LogP contribution is -2.35. The largest absolute Gasteiger partial charge is 0.465 e. The smallest absolute Gasteiger partial charge is 0.407 e. The van der Waals surface area contributed by atoms with E-state index in [-0.39, 0.29) is 0 Å². The van der Waals surface area contributed by atoms with Gasteiger partial charge in [-0.2, -0.15) is 5.10 Å². The maximum absolute atomic E-state index is 11.3. The molecule has 4 rings (SSSR count). The van der Waals surface area contributed by atoms with Gasteiger partial charge in [0.25, 0.3) is 0 Å². The fourth-order valence-electron chi connectivity index (χ4n) is 3.19. The molecule has 6 nitrogen and oxygen atoms in total. The number of aryl methyl sites for hydroxylation is 1. The van der Waals surface area contributed by atoms with Crippen LogP contribution in [0.4, 0.5) is 16.3 Å². The number of fused-ring (bicyclic) bond motifs is 1. The van der Waals surface area contributed by atoms with E-state index in [4.69, 9.17) is 5.10 Å². The second-order valence-electron chi connectivity index (χ2n) is 6.40. The van der Waals surface area contributed by atoms with E-state index in [0.29, 0.717) is 19.1 Å². The van der Waals surface area contributed by atoms with E-state index in [2.05, 4.69) is 29.1 Å². The lowest BCUT2D eigenvalue weighted by molar-refractivity contribution is 0.139. The standard InChI is InChI=1S/C17H20N4O2/c1-11-3-2-4-12(9-11)18-16-14-10-20(17(22)23)8-7-15(14)21(19-16)13-5-6-13/h2-4,9,13H,5-8,10H2,1H3,(H,18,19)(H,22,23). The molecule has 1 fully saturated rings. The highest BCUT2D eigenvalue weighted by Crippen LogP contribution is 2.39. The van der Waals surface area contributed by atoms with Crippen LogP contribution in [0.5, 0.6) is 0 Å². The summed E-state index contributed by atoms with van der Waals surface area (Å²) >= 11 is 0. The molecular formula is C17H20N4O2. The highest BCUT2D eigenvalue weighted by Gasteiger charge is 2.33. The number of anilines is 2. The molecule has 2 aliphatic rings. The number of amides is 1. The summed E-state index contributed by atoms with van der Waals surface area (Å²) in [5.74, 6) is 0.795. The highest BCUT2D eigenvalue weighted by molar-refractivity contribution is 5.67. The third-order valence-corrected chi connectivity index (χ3v) is 4.53. The summed E-state index contributed by atoms with van der Waals surface area (Å²) in [4.78, 5) is 12.8. The maximum Gasteiger partial charge on any atom is 0.407 e. The number of carboxylic acid groups (broad SMARTS) is 1. The van der Waals surface area contributed by atoms with Crippen molar-refractivity contribution in [3.8, 4) is 0 Å². The lowest BCUT2D eigenvalue weighted by atomic mass is 10.1. The number of nitrogens with zero attached hydrogens (tertiary/aromatic N) is 3. The van der Waals surface area contributed by atoms with Gasteiger partial charge in [-0.15, -0.1) is 0 Å². The van der Waals surface area contributed by atoms with Crippen LogP contribution in [0.2, 0.25) is 0 Å². The first-order valence-electron chi connectivity index (χ1n) is 8.03. The Labute approximate surface area is 134 Å². The Morgan fingerprint density at radius 2 is 2.22 bits per heavy atom. The molecule has 2 heterocycles. The van der Waals surface area contributed by atoms with E-state index in [0.717, 1.165) is 23.5 Å². The summed E-state index contributed by atoms with van der Waals surface area (Å²) in [7, 11) is 0. The van der Waals surface area contributed by atoms with Gasteiger partial charge >= 0.3 is 6.09 Å². The fraction of sp³-hybridized carbons (Fsp3) is 0.412. The predicted molar refractivity (Wildman–Crippen MR) is 87.1 cm³/mol. The number of hydrogen-bond acceptors (Lipinski definition) is 3. The number of hydrogen-bond donors (Lipinski definition) is 2. The van der Waals surface area contributed by atoms with Crippen LogP contribution in [0.3, 0.4) is 0 Å². The SMILES string of the molecule is Cc1cccc(Nc2nn(C3CC3)c3c2CN(C(=O)O)CC3)c1. The van der Waals surface area contributed by atoms with E-state index in [1.165, 1.54) is 29.0 Å². The van der Waals surface area contributed by atoms with Gasteiger partial charge in [-0.3, -0.25) is 4.68 Å². The molecule has 6 heteroatoms. The molecule has 2 aromatic rings. The molecule has 0 atom stereocenters. The third-order valence-electron chi connectivity index (χ3n) is 4.53. The van der Waals surface area contributed by atoms with E-state index < -0.39 is 6.09 Å². The van der Waals surface area contributed by atoms with E-state index in [1.54, 1.807) is 0 Å². The average molecular weight is 312 g/mol. The van der Waals surface area contributed by atoms with E-state index in [1.807, 2.05) is 12.1 Å². The van der Waals surface area contributed by atoms with Gasteiger partial charge in [-0.1, -0.05) is 12.1 Å². The summed E-state index contributed by atoms with van der Waals surface area (Å²) in [5.41, 5.74) is 4.38. The van der Waals surface area contributed by atoms with Crippen LogP contribution in [-0.4, -0.2) is 32.4 Å². The maximum atomic E-state index is 11.3. The number of benzene rings is 1. The fourth-order valence-corrected chi connectivity index (χ4v) is 3.19. The molecule has 1 aliphatic carbocycles. The quantitative estimate of drug-likeness (QED) is 0.912. The molecule has 0 spiro atoms. The minimum atomic E-state index is -0.865. The van der Waals surface area contributed by atoms with E-state index in [9.17, 15) is 9.90 Å². The van der Waals surface area contributed by atoms with Gasteiger partial charge in [0.2, 0.25) is 0 Å². The minimum Gasteiger partial charge on any atom is -0.465 e. The van der Waals surface area contributed by atoms with Crippen molar-refractivity contribution >= 4 is 17.6 Å². The molecule has 2 N–H and O–H groups in total. The molecule has 0 radical (unpaired) electrons. The molecule has 1 saturated carbocycles. The zero-order valence-electron chi connectivity index (χ0n) is 13.1. The summed E-state index contributed by atoms with van der Waals surface area (Å²) in [6.07, 6.45) is 2.21. The first-order valence-corrected chi connectivity index (χ1v) is 8.03. The summed E-state index contributed by atoms with van der Waals surface area (Å²) in [5, 5.41) is 17.4. The normalized spacial score (nSPS) is 17.0. The zero-order valence-corrected chi connectivity index (χ0v) is 13.1. The Morgan fingerprint density at radius 1 is 1.39 bits per heavy atom. The van der Waals surface area contributed by atoms with Crippen molar-refractivity contribution in [3.63, 3.8) is 0 Å². The molecule has 0 bridgehead atoms. The van der Waals surface area contributed by atoms with Crippen molar-refractivity contribution in [1.82, 2.24) is 14.7 Å². The second kappa shape index (κ2) is 5.30. The van der Waals surface area contributed by atoms with Gasteiger partial charge in [0, 0.05) is 29.9 Å².